The van der Waals surface area contributed by atoms with Gasteiger partial charge in [0, 0.05) is 28.3 Å². The zero-order valence-corrected chi connectivity index (χ0v) is 12.6. The van der Waals surface area contributed by atoms with Gasteiger partial charge in [-0.3, -0.25) is 10.2 Å². The molecular weight excluding hydrogens is 296 g/mol. The normalized spacial score (nSPS) is 17.5. The van der Waals surface area contributed by atoms with Crippen LogP contribution in [0.4, 0.5) is 5.69 Å². The lowest BCUT2D eigenvalue weighted by atomic mass is 10.1. The van der Waals surface area contributed by atoms with Gasteiger partial charge < -0.3 is 4.31 Å². The van der Waals surface area contributed by atoms with Gasteiger partial charge in [-0.1, -0.05) is 0 Å². The van der Waals surface area contributed by atoms with E-state index in [1.807, 2.05) is 18.6 Å². The molecule has 0 radical (unpaired) electrons. The summed E-state index contributed by atoms with van der Waals surface area (Å²) in [5.41, 5.74) is 4.41. The summed E-state index contributed by atoms with van der Waals surface area (Å²) in [6, 6.07) is 6.57. The van der Waals surface area contributed by atoms with Crippen molar-refractivity contribution in [3.05, 3.63) is 42.4 Å². The van der Waals surface area contributed by atoms with Crippen molar-refractivity contribution in [1.29, 1.82) is 0 Å². The minimum atomic E-state index is 0.231. The Kier molecular flexibility index (Phi) is 2.32. The van der Waals surface area contributed by atoms with Crippen LogP contribution in [0.3, 0.4) is 0 Å². The molecule has 2 N–H and O–H groups in total. The maximum Gasteiger partial charge on any atom is 0.123 e. The third-order valence-corrected chi connectivity index (χ3v) is 5.36. The van der Waals surface area contributed by atoms with Crippen molar-refractivity contribution < 1.29 is 0 Å². The third-order valence-electron chi connectivity index (χ3n) is 4.13. The average molecular weight is 308 g/mol. The van der Waals surface area contributed by atoms with E-state index in [4.69, 9.17) is 0 Å². The second-order valence-electron chi connectivity index (χ2n) is 5.41. The molecule has 108 valence electrons. The van der Waals surface area contributed by atoms with Crippen molar-refractivity contribution in [1.82, 2.24) is 25.4 Å². The van der Waals surface area contributed by atoms with Crippen molar-refractivity contribution in [3.8, 4) is 0 Å². The molecule has 6 nitrogen and oxygen atoms in total. The highest BCUT2D eigenvalue weighted by molar-refractivity contribution is 8.01. The van der Waals surface area contributed by atoms with E-state index in [1.165, 1.54) is 5.56 Å². The molecule has 3 aromatic heterocycles. The predicted molar refractivity (Wildman–Crippen MR) is 86.7 cm³/mol. The highest BCUT2D eigenvalue weighted by Crippen LogP contribution is 2.48. The zero-order valence-electron chi connectivity index (χ0n) is 11.7. The van der Waals surface area contributed by atoms with E-state index >= 15 is 0 Å². The number of hydrogen-bond donors (Lipinski definition) is 2. The van der Waals surface area contributed by atoms with Crippen LogP contribution in [0.5, 0.6) is 0 Å². The molecule has 1 aliphatic heterocycles. The Morgan fingerprint density at radius 1 is 1.09 bits per heavy atom. The smallest absolute Gasteiger partial charge is 0.123 e. The van der Waals surface area contributed by atoms with Gasteiger partial charge in [0.25, 0.3) is 0 Å². The number of anilines is 1. The van der Waals surface area contributed by atoms with Crippen LogP contribution < -0.4 is 4.31 Å². The lowest BCUT2D eigenvalue weighted by molar-refractivity contribution is 0.827. The van der Waals surface area contributed by atoms with Crippen LogP contribution in [0, 0.1) is 0 Å². The van der Waals surface area contributed by atoms with E-state index in [1.54, 1.807) is 11.9 Å². The molecule has 0 saturated carbocycles. The summed E-state index contributed by atoms with van der Waals surface area (Å²) in [4.78, 5) is 4.57. The van der Waals surface area contributed by atoms with Gasteiger partial charge in [-0.05, 0) is 25.1 Å². The van der Waals surface area contributed by atoms with E-state index in [0.29, 0.717) is 0 Å². The van der Waals surface area contributed by atoms with Gasteiger partial charge in [-0.25, -0.2) is 4.98 Å². The summed E-state index contributed by atoms with van der Waals surface area (Å²) < 4.78 is 2.28. The quantitative estimate of drug-likeness (QED) is 0.527. The summed E-state index contributed by atoms with van der Waals surface area (Å²) in [7, 11) is 0. The van der Waals surface area contributed by atoms with Gasteiger partial charge in [0.15, 0.2) is 0 Å². The number of aromatic nitrogens is 5. The van der Waals surface area contributed by atoms with Crippen molar-refractivity contribution in [2.75, 3.05) is 4.31 Å². The molecule has 0 bridgehead atoms. The average Bonchev–Trinajstić information content (AvgIpc) is 3.23. The van der Waals surface area contributed by atoms with Crippen LogP contribution in [0.25, 0.3) is 21.8 Å². The maximum atomic E-state index is 4.57. The first-order valence-electron chi connectivity index (χ1n) is 7.03. The van der Waals surface area contributed by atoms with Crippen molar-refractivity contribution >= 4 is 39.4 Å². The minimum Gasteiger partial charge on any atom is -0.303 e. The monoisotopic (exact) mass is 308 g/mol. The fourth-order valence-electron chi connectivity index (χ4n) is 3.02. The Balaban J connectivity index is 1.64. The molecule has 7 heteroatoms. The Labute approximate surface area is 130 Å². The lowest BCUT2D eigenvalue weighted by Gasteiger charge is -2.22. The number of hydrogen-bond acceptors (Lipinski definition) is 5. The zero-order chi connectivity index (χ0) is 14.7. The first-order valence-corrected chi connectivity index (χ1v) is 7.81. The number of pyridine rings is 1. The Bertz CT molecular complexity index is 1000. The Hall–Kier alpha value is -2.54. The molecule has 0 saturated heterocycles. The number of fused-ring (bicyclic) bond motifs is 4. The fourth-order valence-corrected chi connectivity index (χ4v) is 4.17. The topological polar surface area (TPSA) is 73.5 Å². The molecular formula is C15H12N6S. The summed E-state index contributed by atoms with van der Waals surface area (Å²) in [6.45, 7) is 2.20. The molecule has 1 atom stereocenters. The molecule has 5 rings (SSSR count). The molecule has 4 heterocycles. The predicted octanol–water partition coefficient (Wildman–Crippen LogP) is 3.42. The second kappa shape index (κ2) is 4.23. The summed E-state index contributed by atoms with van der Waals surface area (Å²) in [6.07, 6.45) is 5.57. The summed E-state index contributed by atoms with van der Waals surface area (Å²) >= 11 is 1.67. The molecule has 0 amide bonds. The minimum absolute atomic E-state index is 0.231. The highest BCUT2D eigenvalue weighted by atomic mass is 32.2. The van der Waals surface area contributed by atoms with Gasteiger partial charge >= 0.3 is 0 Å². The molecule has 22 heavy (non-hydrogen) atoms. The van der Waals surface area contributed by atoms with Crippen molar-refractivity contribution in [3.63, 3.8) is 0 Å². The summed E-state index contributed by atoms with van der Waals surface area (Å²) in [5, 5.41) is 17.6. The van der Waals surface area contributed by atoms with Gasteiger partial charge in [-0.15, -0.1) is 0 Å². The SMILES string of the molecule is CC1c2c(ncc3[nH]ncc23)SN1c1ccc2cn[nH]c2c1. The van der Waals surface area contributed by atoms with Gasteiger partial charge in [0.05, 0.1) is 41.4 Å². The van der Waals surface area contributed by atoms with Crippen molar-refractivity contribution in [2.24, 2.45) is 0 Å². The first-order chi connectivity index (χ1) is 10.8. The van der Waals surface area contributed by atoms with Gasteiger partial charge in [0.2, 0.25) is 0 Å². The van der Waals surface area contributed by atoms with Crippen molar-refractivity contribution in [2.45, 2.75) is 18.0 Å². The summed E-state index contributed by atoms with van der Waals surface area (Å²) in [5.74, 6) is 0. The molecule has 0 aliphatic carbocycles. The number of rotatable bonds is 1. The van der Waals surface area contributed by atoms with Gasteiger partial charge in [-0.2, -0.15) is 10.2 Å². The molecule has 0 spiro atoms. The van der Waals surface area contributed by atoms with Crippen LogP contribution in [0.2, 0.25) is 0 Å². The van der Waals surface area contributed by atoms with E-state index in [2.05, 4.69) is 54.8 Å². The molecule has 4 aromatic rings. The van der Waals surface area contributed by atoms with Crippen LogP contribution in [0.1, 0.15) is 18.5 Å². The largest absolute Gasteiger partial charge is 0.303 e. The first kappa shape index (κ1) is 12.0. The Morgan fingerprint density at radius 2 is 1.95 bits per heavy atom. The van der Waals surface area contributed by atoms with Crippen LogP contribution in [-0.4, -0.2) is 25.4 Å². The van der Waals surface area contributed by atoms with E-state index < -0.39 is 0 Å². The van der Waals surface area contributed by atoms with Crippen LogP contribution >= 0.6 is 11.9 Å². The number of H-pyrrole nitrogens is 2. The van der Waals surface area contributed by atoms with Crippen LogP contribution in [0.15, 0.2) is 41.8 Å². The standard InChI is InChI=1S/C15H12N6S/c1-8-14-11-6-18-20-13(11)7-16-15(14)22-21(8)10-3-2-9-5-17-19-12(9)4-10/h2-8H,1H3,(H,17,19)(H,18,20). The number of benzene rings is 1. The van der Waals surface area contributed by atoms with E-state index in [0.717, 1.165) is 32.5 Å². The second-order valence-corrected chi connectivity index (χ2v) is 6.37. The number of nitrogens with zero attached hydrogens (tertiary/aromatic N) is 4. The molecule has 1 unspecified atom stereocenters. The Morgan fingerprint density at radius 3 is 2.91 bits per heavy atom. The van der Waals surface area contributed by atoms with E-state index in [-0.39, 0.29) is 6.04 Å². The maximum absolute atomic E-state index is 4.57. The number of aromatic amines is 2. The molecule has 0 fully saturated rings. The highest BCUT2D eigenvalue weighted by Gasteiger charge is 2.32. The third kappa shape index (κ3) is 1.54. The fraction of sp³-hybridized carbons (Fsp3) is 0.133. The molecule has 1 aliphatic rings. The molecule has 1 aromatic carbocycles. The number of nitrogens with one attached hydrogen (secondary N) is 2. The van der Waals surface area contributed by atoms with E-state index in [9.17, 15) is 0 Å². The van der Waals surface area contributed by atoms with Crippen LogP contribution in [-0.2, 0) is 0 Å². The lowest BCUT2D eigenvalue weighted by Crippen LogP contribution is -2.13. The van der Waals surface area contributed by atoms with Gasteiger partial charge in [0.1, 0.15) is 5.03 Å².